The second kappa shape index (κ2) is 6.39. The predicted molar refractivity (Wildman–Crippen MR) is 87.4 cm³/mol. The van der Waals surface area contributed by atoms with Crippen molar-refractivity contribution in [1.82, 2.24) is 0 Å². The monoisotopic (exact) mass is 286 g/mol. The van der Waals surface area contributed by atoms with Crippen molar-refractivity contribution in [2.24, 2.45) is 5.73 Å². The van der Waals surface area contributed by atoms with Crippen molar-refractivity contribution < 1.29 is 4.74 Å². The lowest BCUT2D eigenvalue weighted by atomic mass is 10.1. The van der Waals surface area contributed by atoms with Gasteiger partial charge in [0.25, 0.3) is 0 Å². The number of rotatable bonds is 5. The van der Waals surface area contributed by atoms with Gasteiger partial charge in [-0.3, -0.25) is 0 Å². The van der Waals surface area contributed by atoms with Crippen LogP contribution < -0.4 is 15.4 Å². The number of hydrogen-bond acceptors (Lipinski definition) is 3. The van der Waals surface area contributed by atoms with Gasteiger partial charge in [0, 0.05) is 19.2 Å². The highest BCUT2D eigenvalue weighted by Crippen LogP contribution is 2.28. The first-order valence-corrected chi connectivity index (χ1v) is 6.76. The zero-order valence-electron chi connectivity index (χ0n) is 11.7. The molecule has 2 N–H and O–H groups in total. The van der Waals surface area contributed by atoms with Crippen LogP contribution in [0.2, 0.25) is 0 Å². The first kappa shape index (κ1) is 14.3. The molecule has 0 amide bonds. The summed E-state index contributed by atoms with van der Waals surface area (Å²) >= 11 is 5.10. The highest BCUT2D eigenvalue weighted by Gasteiger charge is 2.11. The maximum atomic E-state index is 5.77. The summed E-state index contributed by atoms with van der Waals surface area (Å²) in [5.74, 6) is 0.850. The molecule has 0 aliphatic rings. The Kier molecular flexibility index (Phi) is 4.58. The van der Waals surface area contributed by atoms with E-state index in [1.807, 2.05) is 55.6 Å². The third-order valence-corrected chi connectivity index (χ3v) is 3.41. The van der Waals surface area contributed by atoms with Crippen LogP contribution in [-0.2, 0) is 6.54 Å². The lowest BCUT2D eigenvalue weighted by molar-refractivity contribution is 0.415. The Morgan fingerprint density at radius 2 is 1.80 bits per heavy atom. The number of thiocarbonyl (C=S) groups is 1. The van der Waals surface area contributed by atoms with Gasteiger partial charge in [-0.05, 0) is 17.7 Å². The van der Waals surface area contributed by atoms with Gasteiger partial charge in [0.1, 0.15) is 10.7 Å². The standard InChI is InChI=1S/C16H18N2OS/c1-18(14-9-5-6-10-15(14)19-2)11-12-7-3-4-8-13(12)16(17)20/h3-10H,11H2,1-2H3,(H2,17,20). The number of nitrogens with zero attached hydrogens (tertiary/aromatic N) is 1. The summed E-state index contributed by atoms with van der Waals surface area (Å²) in [6, 6.07) is 15.9. The van der Waals surface area contributed by atoms with Gasteiger partial charge < -0.3 is 15.4 Å². The zero-order chi connectivity index (χ0) is 14.5. The van der Waals surface area contributed by atoms with Gasteiger partial charge in [0.15, 0.2) is 0 Å². The number of para-hydroxylation sites is 2. The van der Waals surface area contributed by atoms with Gasteiger partial charge in [-0.25, -0.2) is 0 Å². The van der Waals surface area contributed by atoms with Gasteiger partial charge in [-0.2, -0.15) is 0 Å². The van der Waals surface area contributed by atoms with Crippen molar-refractivity contribution in [3.63, 3.8) is 0 Å². The summed E-state index contributed by atoms with van der Waals surface area (Å²) in [5, 5.41) is 0. The fourth-order valence-electron chi connectivity index (χ4n) is 2.18. The van der Waals surface area contributed by atoms with Gasteiger partial charge >= 0.3 is 0 Å². The second-order valence-corrected chi connectivity index (χ2v) is 4.99. The topological polar surface area (TPSA) is 38.5 Å². The maximum absolute atomic E-state index is 5.77. The number of nitrogens with two attached hydrogens (primary N) is 1. The molecule has 0 spiro atoms. The van der Waals surface area contributed by atoms with Gasteiger partial charge in [-0.1, -0.05) is 48.6 Å². The highest BCUT2D eigenvalue weighted by molar-refractivity contribution is 7.80. The van der Waals surface area contributed by atoms with Crippen molar-refractivity contribution in [3.05, 3.63) is 59.7 Å². The minimum absolute atomic E-state index is 0.425. The lowest BCUT2D eigenvalue weighted by Gasteiger charge is -2.23. The van der Waals surface area contributed by atoms with Crippen molar-refractivity contribution in [2.45, 2.75) is 6.54 Å². The number of hydrogen-bond donors (Lipinski definition) is 1. The number of anilines is 1. The lowest BCUT2D eigenvalue weighted by Crippen LogP contribution is -2.20. The summed E-state index contributed by atoms with van der Waals surface area (Å²) in [6.07, 6.45) is 0. The fourth-order valence-corrected chi connectivity index (χ4v) is 2.38. The largest absolute Gasteiger partial charge is 0.495 e. The molecular weight excluding hydrogens is 268 g/mol. The van der Waals surface area contributed by atoms with Crippen LogP contribution in [0.15, 0.2) is 48.5 Å². The van der Waals surface area contributed by atoms with E-state index < -0.39 is 0 Å². The molecule has 0 radical (unpaired) electrons. The highest BCUT2D eigenvalue weighted by atomic mass is 32.1. The van der Waals surface area contributed by atoms with Crippen molar-refractivity contribution in [1.29, 1.82) is 0 Å². The summed E-state index contributed by atoms with van der Waals surface area (Å²) in [5.41, 5.74) is 8.83. The molecule has 0 heterocycles. The molecule has 2 rings (SSSR count). The normalized spacial score (nSPS) is 10.1. The van der Waals surface area contributed by atoms with Crippen LogP contribution in [0.25, 0.3) is 0 Å². The average molecular weight is 286 g/mol. The molecule has 0 saturated heterocycles. The minimum Gasteiger partial charge on any atom is -0.495 e. The Morgan fingerprint density at radius 3 is 2.50 bits per heavy atom. The smallest absolute Gasteiger partial charge is 0.142 e. The Labute approximate surface area is 125 Å². The Hall–Kier alpha value is -2.07. The van der Waals surface area contributed by atoms with E-state index in [9.17, 15) is 0 Å². The molecule has 0 atom stereocenters. The van der Waals surface area contributed by atoms with E-state index >= 15 is 0 Å². The zero-order valence-corrected chi connectivity index (χ0v) is 12.5. The quantitative estimate of drug-likeness (QED) is 0.858. The Balaban J connectivity index is 2.28. The van der Waals surface area contributed by atoms with Crippen LogP contribution in [0.4, 0.5) is 5.69 Å². The summed E-state index contributed by atoms with van der Waals surface area (Å²) in [7, 11) is 3.70. The van der Waals surface area contributed by atoms with Gasteiger partial charge in [0.05, 0.1) is 12.8 Å². The molecule has 0 aromatic heterocycles. The van der Waals surface area contributed by atoms with E-state index in [0.717, 1.165) is 22.6 Å². The van der Waals surface area contributed by atoms with Crippen molar-refractivity contribution >= 4 is 22.9 Å². The third kappa shape index (κ3) is 3.08. The van der Waals surface area contributed by atoms with E-state index in [-0.39, 0.29) is 0 Å². The molecular formula is C16H18N2OS. The molecule has 3 nitrogen and oxygen atoms in total. The van der Waals surface area contributed by atoms with Crippen LogP contribution >= 0.6 is 12.2 Å². The molecule has 0 bridgehead atoms. The molecule has 2 aromatic carbocycles. The first-order valence-electron chi connectivity index (χ1n) is 6.35. The molecule has 0 aliphatic carbocycles. The van der Waals surface area contributed by atoms with Crippen LogP contribution in [0.3, 0.4) is 0 Å². The predicted octanol–water partition coefficient (Wildman–Crippen LogP) is 2.97. The van der Waals surface area contributed by atoms with E-state index in [2.05, 4.69) is 4.90 Å². The molecule has 104 valence electrons. The fraction of sp³-hybridized carbons (Fsp3) is 0.188. The molecule has 20 heavy (non-hydrogen) atoms. The SMILES string of the molecule is COc1ccccc1N(C)Cc1ccccc1C(N)=S. The molecule has 0 fully saturated rings. The van der Waals surface area contributed by atoms with Gasteiger partial charge in [0.2, 0.25) is 0 Å². The van der Waals surface area contributed by atoms with Gasteiger partial charge in [-0.15, -0.1) is 0 Å². The average Bonchev–Trinajstić information content (AvgIpc) is 2.47. The van der Waals surface area contributed by atoms with Crippen molar-refractivity contribution in [2.75, 3.05) is 19.1 Å². The summed E-state index contributed by atoms with van der Waals surface area (Å²) in [6.45, 7) is 0.716. The Morgan fingerprint density at radius 1 is 1.15 bits per heavy atom. The van der Waals surface area contributed by atoms with E-state index in [4.69, 9.17) is 22.7 Å². The van der Waals surface area contributed by atoms with Crippen LogP contribution in [0.5, 0.6) is 5.75 Å². The molecule has 4 heteroatoms. The Bertz CT molecular complexity index is 613. The molecule has 0 saturated carbocycles. The van der Waals surface area contributed by atoms with Crippen LogP contribution in [-0.4, -0.2) is 19.1 Å². The first-order chi connectivity index (χ1) is 9.63. The van der Waals surface area contributed by atoms with E-state index in [1.54, 1.807) is 7.11 Å². The molecule has 2 aromatic rings. The number of ether oxygens (including phenoxy) is 1. The van der Waals surface area contributed by atoms with Crippen LogP contribution in [0.1, 0.15) is 11.1 Å². The number of methoxy groups -OCH3 is 1. The third-order valence-electron chi connectivity index (χ3n) is 3.19. The van der Waals surface area contributed by atoms with Crippen LogP contribution in [0, 0.1) is 0 Å². The second-order valence-electron chi connectivity index (χ2n) is 4.55. The summed E-state index contributed by atoms with van der Waals surface area (Å²) < 4.78 is 5.39. The maximum Gasteiger partial charge on any atom is 0.142 e. The van der Waals surface area contributed by atoms with E-state index in [1.165, 1.54) is 0 Å². The van der Waals surface area contributed by atoms with Crippen molar-refractivity contribution in [3.8, 4) is 5.75 Å². The minimum atomic E-state index is 0.425. The van der Waals surface area contributed by atoms with E-state index in [0.29, 0.717) is 11.5 Å². The number of benzene rings is 2. The summed E-state index contributed by atoms with van der Waals surface area (Å²) in [4.78, 5) is 2.55. The molecule has 0 unspecified atom stereocenters. The molecule has 0 aliphatic heterocycles.